The van der Waals surface area contributed by atoms with E-state index < -0.39 is 253 Å². The number of benzene rings is 1. The predicted molar refractivity (Wildman–Crippen MR) is 395 cm³/mol. The molecule has 3 amide bonds. The third kappa shape index (κ3) is 28.2. The third-order valence-corrected chi connectivity index (χ3v) is 20.8. The first-order valence-corrected chi connectivity index (χ1v) is 39.3. The number of carbonyl (C=O) groups is 4. The minimum atomic E-state index is -3.45. The number of carboxylic acid groups (broad SMARTS) is 1. The number of amides is 3. The number of azide groups is 1. The lowest BCUT2D eigenvalue weighted by molar-refractivity contribution is -0.403. The monoisotopic (exact) mass is 1640 g/mol. The molecule has 0 saturated carbocycles. The van der Waals surface area contributed by atoms with Crippen molar-refractivity contribution in [3.63, 3.8) is 0 Å². The molecule has 28 atom stereocenters. The van der Waals surface area contributed by atoms with E-state index >= 15 is 0 Å². The van der Waals surface area contributed by atoms with Crippen LogP contribution >= 0.6 is 0 Å². The molecule has 5 aliphatic heterocycles. The zero-order chi connectivity index (χ0) is 84.5. The molecule has 1 aromatic carbocycles. The largest absolute Gasteiger partial charge is 0.477 e. The van der Waals surface area contributed by atoms with Crippen LogP contribution in [-0.4, -0.2) is 333 Å². The van der Waals surface area contributed by atoms with Crippen molar-refractivity contribution in [2.75, 3.05) is 51.5 Å². The number of hydrogen-bond acceptors (Lipinski definition) is 34. The van der Waals surface area contributed by atoms with E-state index in [1.807, 2.05) is 0 Å². The summed E-state index contributed by atoms with van der Waals surface area (Å²) in [7, 11) is 0. The van der Waals surface area contributed by atoms with Crippen molar-refractivity contribution in [2.24, 2.45) is 5.11 Å². The van der Waals surface area contributed by atoms with Gasteiger partial charge in [-0.05, 0) is 37.3 Å². The fraction of sp³-hybridized carbons (Fsp3) is 0.836. The number of nitrogens with zero attached hydrogens (tertiary/aromatic N) is 4. The van der Waals surface area contributed by atoms with Crippen LogP contribution in [0.25, 0.3) is 10.4 Å². The van der Waals surface area contributed by atoms with E-state index in [1.165, 1.54) is 62.8 Å². The minimum Gasteiger partial charge on any atom is -0.477 e. The van der Waals surface area contributed by atoms with E-state index in [9.17, 15) is 116 Å². The van der Waals surface area contributed by atoms with Crippen LogP contribution in [0.5, 0.6) is 0 Å². The van der Waals surface area contributed by atoms with Gasteiger partial charge in [0.1, 0.15) is 122 Å². The Morgan fingerprint density at radius 3 is 1.78 bits per heavy atom. The first-order chi connectivity index (χ1) is 55.1. The molecular weight excluding hydrogens is 1520 g/mol. The van der Waals surface area contributed by atoms with Gasteiger partial charge >= 0.3 is 5.97 Å². The van der Waals surface area contributed by atoms with Crippen molar-refractivity contribution in [3.8, 4) is 0 Å². The van der Waals surface area contributed by atoms with Crippen molar-refractivity contribution in [1.29, 1.82) is 0 Å². The number of hydrogen-bond donors (Lipinski definition) is 21. The van der Waals surface area contributed by atoms with Gasteiger partial charge in [0.05, 0.1) is 68.9 Å². The van der Waals surface area contributed by atoms with Gasteiger partial charge in [-0.2, -0.15) is 0 Å². The third-order valence-electron chi connectivity index (χ3n) is 20.8. The summed E-state index contributed by atoms with van der Waals surface area (Å²) >= 11 is 0. The Morgan fingerprint density at radius 1 is 0.658 bits per heavy atom. The second-order valence-electron chi connectivity index (χ2n) is 29.4. The highest BCUT2D eigenvalue weighted by Gasteiger charge is 2.62. The molecule has 0 spiro atoms. The standard InChI is InChI=1S/C73H122N8O33/c1-4-5-6-7-8-9-10-11-12-14-17-20-23-26-45(89)43(78-52(92)27-24-21-18-15-13-16-19-22-25-30-75-42-29-28-41(79-80-74)31-44(42)81(103)104)38-105-69-61(99)59(97)63(50(36-85)108-69)110-71-62(100)67(114-73(72(101)102)32-46(90)53(76-39(2)87)66(113-73)55(93)47(91)33-82)64(51(37-86)109-71)111-68-54(77-40(3)88)65(57(95)49(35-84)106-68)112-70-60(98)58(96)56(94)48(34-83)107-70/h23,26,28-29,31,43,45-51,53-71,75,82-86,89-91,93-100H,4-22,24-25,27,30,32-38H2,1-3H3,(H,76,87)(H,77,88)(H,78,92)(H,101,102)/b26-23+/i2T. The molecule has 652 valence electrons. The van der Waals surface area contributed by atoms with Crippen molar-refractivity contribution in [3.05, 3.63) is 50.9 Å². The first kappa shape index (κ1) is 95.5. The molecule has 41 heteroatoms. The molecule has 5 fully saturated rings. The van der Waals surface area contributed by atoms with Gasteiger partial charge in [-0.1, -0.05) is 139 Å². The van der Waals surface area contributed by atoms with Crippen LogP contribution in [0.2, 0.25) is 0 Å². The molecule has 0 bridgehead atoms. The Hall–Kier alpha value is -5.69. The zero-order valence-corrected chi connectivity index (χ0v) is 64.3. The number of aliphatic hydroxyl groups is 16. The highest BCUT2D eigenvalue weighted by molar-refractivity contribution is 5.77. The van der Waals surface area contributed by atoms with E-state index in [4.69, 9.17) is 54.3 Å². The number of carboxylic acids is 1. The summed E-state index contributed by atoms with van der Waals surface area (Å²) in [5.41, 5.74) is 8.94. The second kappa shape index (κ2) is 49.6. The molecule has 114 heavy (non-hydrogen) atoms. The quantitative estimate of drug-likeness (QED) is 0.00675. The highest BCUT2D eigenvalue weighted by Crippen LogP contribution is 2.42. The smallest absolute Gasteiger partial charge is 0.364 e. The normalized spacial score (nSPS) is 33.1. The fourth-order valence-electron chi connectivity index (χ4n) is 14.4. The topological polar surface area (TPSA) is 645 Å². The maximum atomic E-state index is 13.9. The highest BCUT2D eigenvalue weighted by atomic mass is 16.8. The number of unbranched alkanes of at least 4 members (excludes halogenated alkanes) is 19. The van der Waals surface area contributed by atoms with Crippen LogP contribution in [0.4, 0.5) is 17.1 Å². The van der Waals surface area contributed by atoms with Gasteiger partial charge in [0.15, 0.2) is 25.2 Å². The van der Waals surface area contributed by atoms with Crippen LogP contribution in [0.15, 0.2) is 35.5 Å². The van der Waals surface area contributed by atoms with E-state index in [0.717, 1.165) is 84.0 Å². The summed E-state index contributed by atoms with van der Waals surface area (Å²) in [6, 6.07) is -0.860. The number of ether oxygens (including phenoxy) is 10. The lowest BCUT2D eigenvalue weighted by atomic mass is 9.88. The SMILES string of the molecule is [3H]CC(=O)NC1C(O)CC(OC2C(O)C(OC3C(CO)OC(OCC(NC(=O)CCCCCCCCCCCNc4ccc(N=[N+]=[N-])cc4[N+](=O)[O-])C(O)/C=C/CCCCCCCCCCCCC)C(O)C3O)OC(CO)C2OC2OC(CO)C(O)C(OC3OC(CO)C(O)C(O)C3O)C2NC(C)=O)(C(=O)O)OC1C(O)C(O)CO. The average molecular weight is 1640 g/mol. The molecule has 6 rings (SSSR count). The zero-order valence-electron chi connectivity index (χ0n) is 65.3. The van der Waals surface area contributed by atoms with Gasteiger partial charge in [0.2, 0.25) is 17.7 Å². The molecule has 0 radical (unpaired) electrons. The summed E-state index contributed by atoms with van der Waals surface area (Å²) in [6.07, 6.45) is -28.3. The summed E-state index contributed by atoms with van der Waals surface area (Å²) in [5.74, 6) is -8.19. The molecule has 5 aliphatic rings. The molecule has 21 N–H and O–H groups in total. The molecule has 5 heterocycles. The fourth-order valence-corrected chi connectivity index (χ4v) is 14.4. The number of anilines is 1. The Bertz CT molecular complexity index is 3140. The predicted octanol–water partition coefficient (Wildman–Crippen LogP) is -1.44. The molecule has 0 aliphatic carbocycles. The lowest BCUT2D eigenvalue weighted by Crippen LogP contribution is -2.72. The van der Waals surface area contributed by atoms with E-state index in [2.05, 4.69) is 38.2 Å². The van der Waals surface area contributed by atoms with Crippen molar-refractivity contribution >= 4 is 40.8 Å². The summed E-state index contributed by atoms with van der Waals surface area (Å²) in [4.78, 5) is 67.0. The summed E-state index contributed by atoms with van der Waals surface area (Å²) in [6.45, 7) is -3.67. The minimum absolute atomic E-state index is 0.0469. The van der Waals surface area contributed by atoms with Crippen LogP contribution < -0.4 is 21.3 Å². The molecule has 1 aromatic rings. The maximum absolute atomic E-state index is 13.9. The first-order valence-electron chi connectivity index (χ1n) is 40.0. The molecule has 0 aromatic heterocycles. The van der Waals surface area contributed by atoms with Crippen LogP contribution in [0.3, 0.4) is 0 Å². The van der Waals surface area contributed by atoms with Gasteiger partial charge in [0, 0.05) is 51.2 Å². The molecular formula is C73H122N8O33. The van der Waals surface area contributed by atoms with Gasteiger partial charge in [-0.25, -0.2) is 4.79 Å². The Kier molecular flexibility index (Phi) is 41.6. The average Bonchev–Trinajstić information content (AvgIpc) is 0.748. The number of nitro groups is 1. The van der Waals surface area contributed by atoms with Gasteiger partial charge < -0.3 is 155 Å². The number of nitrogens with one attached hydrogen (secondary N) is 4. The Balaban J connectivity index is 1.20. The van der Waals surface area contributed by atoms with Crippen molar-refractivity contribution in [1.82, 2.24) is 16.0 Å². The number of aliphatic hydroxyl groups excluding tert-OH is 16. The lowest BCUT2D eigenvalue weighted by Gasteiger charge is -2.52. The second-order valence-corrected chi connectivity index (χ2v) is 29.4. The van der Waals surface area contributed by atoms with E-state index in [1.54, 1.807) is 6.08 Å². The van der Waals surface area contributed by atoms with Crippen LogP contribution in [0, 0.1) is 10.1 Å². The Morgan fingerprint density at radius 2 is 1.19 bits per heavy atom. The summed E-state index contributed by atoms with van der Waals surface area (Å²) in [5, 5.41) is 215. The summed E-state index contributed by atoms with van der Waals surface area (Å²) < 4.78 is 67.5. The van der Waals surface area contributed by atoms with Gasteiger partial charge in [0.25, 0.3) is 11.5 Å². The number of aliphatic carboxylic acids is 1. The molecule has 41 nitrogen and oxygen atoms in total. The number of allylic oxidation sites excluding steroid dienone is 1. The molecule has 28 unspecified atom stereocenters. The van der Waals surface area contributed by atoms with Gasteiger partial charge in [-0.15, -0.1) is 0 Å². The Labute approximate surface area is 661 Å². The van der Waals surface area contributed by atoms with Gasteiger partial charge in [-0.3, -0.25) is 24.5 Å². The van der Waals surface area contributed by atoms with E-state index in [0.29, 0.717) is 31.5 Å². The van der Waals surface area contributed by atoms with Crippen LogP contribution in [0.1, 0.15) is 170 Å². The van der Waals surface area contributed by atoms with Crippen molar-refractivity contribution < 1.29 is 160 Å². The van der Waals surface area contributed by atoms with Crippen molar-refractivity contribution in [2.45, 2.75) is 340 Å². The number of carbonyl (C=O) groups excluding carboxylic acids is 3. The maximum Gasteiger partial charge on any atom is 0.364 e. The van der Waals surface area contributed by atoms with Crippen LogP contribution in [-0.2, 0) is 66.5 Å². The number of nitro benzene ring substituents is 1. The van der Waals surface area contributed by atoms with E-state index in [-0.39, 0.29) is 17.8 Å². The molecule has 5 saturated heterocycles. The number of rotatable bonds is 51.